The molecule has 1 aromatic rings. The van der Waals surface area contributed by atoms with Crippen molar-refractivity contribution in [2.24, 2.45) is 5.41 Å². The minimum absolute atomic E-state index is 0.0173. The summed E-state index contributed by atoms with van der Waals surface area (Å²) in [7, 11) is -3.41. The van der Waals surface area contributed by atoms with Crippen LogP contribution in [0.3, 0.4) is 0 Å². The van der Waals surface area contributed by atoms with Crippen LogP contribution in [0.4, 0.5) is 0 Å². The van der Waals surface area contributed by atoms with E-state index in [9.17, 15) is 13.2 Å². The van der Waals surface area contributed by atoms with Crippen molar-refractivity contribution in [3.05, 3.63) is 42.0 Å². The van der Waals surface area contributed by atoms with Crippen LogP contribution in [0.15, 0.2) is 36.4 Å². The van der Waals surface area contributed by atoms with E-state index >= 15 is 0 Å². The van der Waals surface area contributed by atoms with E-state index in [1.165, 1.54) is 5.56 Å². The molecule has 1 amide bonds. The summed E-state index contributed by atoms with van der Waals surface area (Å²) in [6.45, 7) is 4.22. The zero-order valence-electron chi connectivity index (χ0n) is 14.0. The number of sulfonamides is 1. The molecule has 0 aromatic heterocycles. The Balaban J connectivity index is 2.30. The monoisotopic (exact) mass is 338 g/mol. The standard InChI is InChI=1S/C17H26N2O3S/c1-17(2,14-12-16(20)18-19-23(3,21)22)13-8-7-11-15-9-5-4-6-10-15/h4-7,9-11,19H,8,12-14H2,1-3H3,(H,18,20). The first-order valence-electron chi connectivity index (χ1n) is 7.65. The Kier molecular flexibility index (Phi) is 7.45. The van der Waals surface area contributed by atoms with Gasteiger partial charge in [0.15, 0.2) is 0 Å². The molecule has 128 valence electrons. The quantitative estimate of drug-likeness (QED) is 0.680. The Hall–Kier alpha value is -1.66. The number of benzene rings is 1. The second-order valence-corrected chi connectivity index (χ2v) is 8.19. The van der Waals surface area contributed by atoms with Gasteiger partial charge in [-0.2, -0.15) is 0 Å². The molecule has 0 spiro atoms. The zero-order valence-corrected chi connectivity index (χ0v) is 14.8. The van der Waals surface area contributed by atoms with Crippen LogP contribution in [-0.2, 0) is 14.8 Å². The van der Waals surface area contributed by atoms with Gasteiger partial charge < -0.3 is 0 Å². The molecule has 0 aliphatic heterocycles. The smallest absolute Gasteiger partial charge is 0.234 e. The maximum Gasteiger partial charge on any atom is 0.234 e. The topological polar surface area (TPSA) is 75.3 Å². The number of hydrazine groups is 1. The van der Waals surface area contributed by atoms with Crippen molar-refractivity contribution in [2.75, 3.05) is 6.26 Å². The third-order valence-electron chi connectivity index (χ3n) is 3.50. The Bertz CT molecular complexity index is 622. The molecular weight excluding hydrogens is 312 g/mol. The van der Waals surface area contributed by atoms with Gasteiger partial charge in [0, 0.05) is 6.42 Å². The molecule has 0 bridgehead atoms. The fourth-order valence-corrected chi connectivity index (χ4v) is 2.35. The summed E-state index contributed by atoms with van der Waals surface area (Å²) in [4.78, 5) is 13.6. The molecule has 0 unspecified atom stereocenters. The first-order valence-corrected chi connectivity index (χ1v) is 9.54. The predicted octanol–water partition coefficient (Wildman–Crippen LogP) is 2.87. The zero-order chi connectivity index (χ0) is 17.3. The maximum atomic E-state index is 11.6. The largest absolute Gasteiger partial charge is 0.278 e. The highest BCUT2D eigenvalue weighted by atomic mass is 32.2. The van der Waals surface area contributed by atoms with Gasteiger partial charge in [-0.25, -0.2) is 8.42 Å². The lowest BCUT2D eigenvalue weighted by molar-refractivity contribution is -0.122. The fraction of sp³-hybridized carbons (Fsp3) is 0.471. The fourth-order valence-electron chi connectivity index (χ4n) is 2.05. The van der Waals surface area contributed by atoms with E-state index in [0.717, 1.165) is 19.1 Å². The first-order chi connectivity index (χ1) is 10.7. The first kappa shape index (κ1) is 19.4. The number of rotatable bonds is 9. The molecule has 0 saturated heterocycles. The van der Waals surface area contributed by atoms with Crippen LogP contribution in [0, 0.1) is 5.41 Å². The molecule has 23 heavy (non-hydrogen) atoms. The third kappa shape index (κ3) is 9.86. The molecule has 6 heteroatoms. The van der Waals surface area contributed by atoms with E-state index < -0.39 is 10.0 Å². The van der Waals surface area contributed by atoms with E-state index in [2.05, 4.69) is 43.6 Å². The van der Waals surface area contributed by atoms with Crippen molar-refractivity contribution in [1.82, 2.24) is 10.3 Å². The summed E-state index contributed by atoms with van der Waals surface area (Å²) in [6.07, 6.45) is 8.12. The minimum Gasteiger partial charge on any atom is -0.278 e. The summed E-state index contributed by atoms with van der Waals surface area (Å²) in [5.74, 6) is -0.316. The van der Waals surface area contributed by atoms with Gasteiger partial charge in [0.05, 0.1) is 6.26 Å². The van der Waals surface area contributed by atoms with Gasteiger partial charge in [-0.3, -0.25) is 10.2 Å². The lowest BCUT2D eigenvalue weighted by Gasteiger charge is -2.23. The van der Waals surface area contributed by atoms with E-state index in [1.807, 2.05) is 23.0 Å². The van der Waals surface area contributed by atoms with E-state index in [0.29, 0.717) is 6.42 Å². The molecule has 0 aliphatic rings. The van der Waals surface area contributed by atoms with Gasteiger partial charge in [-0.05, 0) is 30.2 Å². The number of hydrogen-bond donors (Lipinski definition) is 2. The van der Waals surface area contributed by atoms with Gasteiger partial charge >= 0.3 is 0 Å². The lowest BCUT2D eigenvalue weighted by atomic mass is 9.83. The second-order valence-electron chi connectivity index (χ2n) is 6.44. The highest BCUT2D eigenvalue weighted by Gasteiger charge is 2.18. The van der Waals surface area contributed by atoms with Gasteiger partial charge in [0.25, 0.3) is 0 Å². The summed E-state index contributed by atoms with van der Waals surface area (Å²) < 4.78 is 21.8. The number of allylic oxidation sites excluding steroid dienone is 1. The molecule has 0 aliphatic carbocycles. The van der Waals surface area contributed by atoms with E-state index in [-0.39, 0.29) is 17.7 Å². The van der Waals surface area contributed by atoms with Crippen LogP contribution in [0.25, 0.3) is 6.08 Å². The minimum atomic E-state index is -3.41. The van der Waals surface area contributed by atoms with Crippen LogP contribution >= 0.6 is 0 Å². The molecule has 1 aromatic carbocycles. The molecule has 5 nitrogen and oxygen atoms in total. The Labute approximate surface area is 139 Å². The van der Waals surface area contributed by atoms with E-state index in [1.54, 1.807) is 0 Å². The maximum absolute atomic E-state index is 11.6. The van der Waals surface area contributed by atoms with Gasteiger partial charge in [-0.15, -0.1) is 4.83 Å². The molecule has 0 heterocycles. The van der Waals surface area contributed by atoms with Crippen molar-refractivity contribution < 1.29 is 13.2 Å². The molecule has 0 radical (unpaired) electrons. The SMILES string of the molecule is CC(C)(CCC=Cc1ccccc1)CCC(=O)NNS(C)(=O)=O. The number of amides is 1. The summed E-state index contributed by atoms with van der Waals surface area (Å²) in [5.41, 5.74) is 3.39. The normalized spacial score (nSPS) is 12.5. The van der Waals surface area contributed by atoms with Crippen LogP contribution in [0.5, 0.6) is 0 Å². The second kappa shape index (κ2) is 8.84. The molecule has 0 atom stereocenters. The van der Waals surface area contributed by atoms with Crippen molar-refractivity contribution in [3.8, 4) is 0 Å². The third-order valence-corrected chi connectivity index (χ3v) is 3.98. The molecule has 2 N–H and O–H groups in total. The number of nitrogens with one attached hydrogen (secondary N) is 2. The van der Waals surface area contributed by atoms with Crippen LogP contribution in [-0.4, -0.2) is 20.6 Å². The van der Waals surface area contributed by atoms with Gasteiger partial charge in [0.2, 0.25) is 15.9 Å². The Morgan fingerprint density at radius 2 is 1.83 bits per heavy atom. The number of carbonyl (C=O) groups is 1. The summed E-state index contributed by atoms with van der Waals surface area (Å²) in [6, 6.07) is 10.1. The van der Waals surface area contributed by atoms with E-state index in [4.69, 9.17) is 0 Å². The Morgan fingerprint density at radius 3 is 2.43 bits per heavy atom. The van der Waals surface area contributed by atoms with Gasteiger partial charge in [0.1, 0.15) is 0 Å². The van der Waals surface area contributed by atoms with Crippen molar-refractivity contribution >= 4 is 22.0 Å². The lowest BCUT2D eigenvalue weighted by Crippen LogP contribution is -2.41. The molecule has 1 rings (SSSR count). The van der Waals surface area contributed by atoms with Crippen molar-refractivity contribution in [3.63, 3.8) is 0 Å². The Morgan fingerprint density at radius 1 is 1.17 bits per heavy atom. The number of hydrogen-bond acceptors (Lipinski definition) is 3. The molecule has 0 saturated carbocycles. The number of carbonyl (C=O) groups excluding carboxylic acids is 1. The average molecular weight is 338 g/mol. The average Bonchev–Trinajstić information content (AvgIpc) is 2.48. The molecule has 0 fully saturated rings. The van der Waals surface area contributed by atoms with Crippen molar-refractivity contribution in [1.29, 1.82) is 0 Å². The highest BCUT2D eigenvalue weighted by Crippen LogP contribution is 2.28. The van der Waals surface area contributed by atoms with Crippen LogP contribution in [0.2, 0.25) is 0 Å². The predicted molar refractivity (Wildman–Crippen MR) is 93.8 cm³/mol. The summed E-state index contributed by atoms with van der Waals surface area (Å²) >= 11 is 0. The van der Waals surface area contributed by atoms with Crippen LogP contribution < -0.4 is 10.3 Å². The molecular formula is C17H26N2O3S. The van der Waals surface area contributed by atoms with Crippen molar-refractivity contribution in [2.45, 2.75) is 39.5 Å². The van der Waals surface area contributed by atoms with Gasteiger partial charge in [-0.1, -0.05) is 56.3 Å². The van der Waals surface area contributed by atoms with Crippen LogP contribution in [0.1, 0.15) is 45.1 Å². The summed E-state index contributed by atoms with van der Waals surface area (Å²) in [5, 5.41) is 0. The highest BCUT2D eigenvalue weighted by molar-refractivity contribution is 7.88.